The second-order valence-corrected chi connectivity index (χ2v) is 8.13. The van der Waals surface area contributed by atoms with Crippen LogP contribution in [0.1, 0.15) is 16.7 Å². The van der Waals surface area contributed by atoms with Gasteiger partial charge in [0.25, 0.3) is 11.8 Å². The number of carbonyl (C=O) groups is 2. The smallest absolute Gasteiger partial charge is 0.282 e. The summed E-state index contributed by atoms with van der Waals surface area (Å²) in [5.74, 6) is -0.469. The van der Waals surface area contributed by atoms with E-state index >= 15 is 0 Å². The molecule has 4 rings (SSSR count). The summed E-state index contributed by atoms with van der Waals surface area (Å²) in [6, 6.07) is 17.6. The van der Waals surface area contributed by atoms with Crippen LogP contribution in [0.3, 0.4) is 0 Å². The summed E-state index contributed by atoms with van der Waals surface area (Å²) in [6.07, 6.45) is 0. The van der Waals surface area contributed by atoms with Crippen molar-refractivity contribution in [2.45, 2.75) is 13.8 Å². The van der Waals surface area contributed by atoms with Crippen LogP contribution in [0.15, 0.2) is 66.4 Å². The van der Waals surface area contributed by atoms with Gasteiger partial charge in [-0.05, 0) is 55.3 Å². The largest absolute Gasteiger partial charge is 0.496 e. The monoisotopic (exact) mass is 466 g/mol. The van der Waals surface area contributed by atoms with Crippen molar-refractivity contribution in [3.8, 4) is 5.75 Å². The zero-order valence-corrected chi connectivity index (χ0v) is 19.2. The Hall–Kier alpha value is -3.28. The molecule has 162 valence electrons. The Kier molecular flexibility index (Phi) is 5.96. The summed E-state index contributed by atoms with van der Waals surface area (Å²) in [4.78, 5) is 28.5. The van der Waals surface area contributed by atoms with Crippen molar-refractivity contribution in [2.75, 3.05) is 17.3 Å². The van der Waals surface area contributed by atoms with Crippen molar-refractivity contribution in [1.82, 2.24) is 0 Å². The molecule has 3 aromatic carbocycles. The summed E-state index contributed by atoms with van der Waals surface area (Å²) >= 11 is 12.6. The molecule has 0 fully saturated rings. The number of carbonyl (C=O) groups excluding carboxylic acids is 2. The molecule has 5 nitrogen and oxygen atoms in total. The van der Waals surface area contributed by atoms with Crippen molar-refractivity contribution in [2.24, 2.45) is 0 Å². The second kappa shape index (κ2) is 8.69. The van der Waals surface area contributed by atoms with Crippen molar-refractivity contribution >= 4 is 52.0 Å². The minimum Gasteiger partial charge on any atom is -0.496 e. The molecule has 7 heteroatoms. The number of ether oxygens (including phenoxy) is 1. The highest BCUT2D eigenvalue weighted by molar-refractivity contribution is 6.47. The summed E-state index contributed by atoms with van der Waals surface area (Å²) in [5.41, 5.74) is 3.33. The topological polar surface area (TPSA) is 58.6 Å². The fraction of sp³-hybridized carbons (Fsp3) is 0.120. The molecule has 0 bridgehead atoms. The number of amides is 2. The van der Waals surface area contributed by atoms with Crippen molar-refractivity contribution in [1.29, 1.82) is 0 Å². The normalized spacial score (nSPS) is 13.7. The highest BCUT2D eigenvalue weighted by atomic mass is 35.5. The van der Waals surface area contributed by atoms with Gasteiger partial charge < -0.3 is 10.1 Å². The average Bonchev–Trinajstić information content (AvgIpc) is 3.02. The lowest BCUT2D eigenvalue weighted by Crippen LogP contribution is -2.33. The number of methoxy groups -OCH3 is 1. The molecule has 3 aromatic rings. The van der Waals surface area contributed by atoms with Crippen molar-refractivity contribution < 1.29 is 14.3 Å². The highest BCUT2D eigenvalue weighted by Crippen LogP contribution is 2.39. The Morgan fingerprint density at radius 3 is 2.19 bits per heavy atom. The highest BCUT2D eigenvalue weighted by Gasteiger charge is 2.42. The molecule has 1 aliphatic rings. The fourth-order valence-electron chi connectivity index (χ4n) is 3.68. The van der Waals surface area contributed by atoms with Crippen LogP contribution in [0.4, 0.5) is 11.4 Å². The molecular formula is C25H20Cl2N2O3. The third-order valence-corrected chi connectivity index (χ3v) is 6.29. The number of nitrogens with zero attached hydrogens (tertiary/aromatic N) is 1. The van der Waals surface area contributed by atoms with Crippen LogP contribution in [0.25, 0.3) is 5.57 Å². The predicted molar refractivity (Wildman–Crippen MR) is 128 cm³/mol. The number of nitrogens with one attached hydrogen (secondary N) is 1. The second-order valence-electron chi connectivity index (χ2n) is 7.32. The van der Waals surface area contributed by atoms with Gasteiger partial charge in [-0.2, -0.15) is 0 Å². The van der Waals surface area contributed by atoms with Crippen LogP contribution in [0.5, 0.6) is 5.75 Å². The van der Waals surface area contributed by atoms with Gasteiger partial charge in [-0.15, -0.1) is 0 Å². The summed E-state index contributed by atoms with van der Waals surface area (Å²) in [5, 5.41) is 4.17. The SMILES string of the molecule is COc1ccccc1C1=C(Nc2cccc(Cl)c2C)C(=O)N(c2cccc(Cl)c2C)C1=O. The Labute approximate surface area is 196 Å². The third-order valence-electron chi connectivity index (χ3n) is 5.47. The zero-order chi connectivity index (χ0) is 23.0. The predicted octanol–water partition coefficient (Wildman–Crippen LogP) is 6.02. The fourth-order valence-corrected chi connectivity index (χ4v) is 4.03. The van der Waals surface area contributed by atoms with Gasteiger partial charge in [0.2, 0.25) is 0 Å². The molecule has 0 atom stereocenters. The Morgan fingerprint density at radius 1 is 0.812 bits per heavy atom. The molecule has 0 saturated carbocycles. The molecule has 32 heavy (non-hydrogen) atoms. The van der Waals surface area contributed by atoms with E-state index in [1.807, 2.05) is 6.92 Å². The number of anilines is 2. The molecular weight excluding hydrogens is 447 g/mol. The van der Waals surface area contributed by atoms with E-state index in [2.05, 4.69) is 5.32 Å². The number of halogens is 2. The first-order valence-electron chi connectivity index (χ1n) is 9.88. The number of hydrogen-bond donors (Lipinski definition) is 1. The average molecular weight is 467 g/mol. The number of hydrogen-bond acceptors (Lipinski definition) is 4. The summed E-state index contributed by atoms with van der Waals surface area (Å²) in [7, 11) is 1.52. The minimum atomic E-state index is -0.486. The number of para-hydroxylation sites is 1. The van der Waals surface area contributed by atoms with Crippen molar-refractivity contribution in [3.63, 3.8) is 0 Å². The van der Waals surface area contributed by atoms with Crippen LogP contribution in [-0.2, 0) is 9.59 Å². The molecule has 0 radical (unpaired) electrons. The van der Waals surface area contributed by atoms with Crippen LogP contribution >= 0.6 is 23.2 Å². The third kappa shape index (κ3) is 3.64. The van der Waals surface area contributed by atoms with Gasteiger partial charge in [0, 0.05) is 21.3 Å². The maximum atomic E-state index is 13.7. The van der Waals surface area contributed by atoms with Crippen LogP contribution in [0.2, 0.25) is 10.0 Å². The van der Waals surface area contributed by atoms with Crippen molar-refractivity contribution in [3.05, 3.63) is 93.1 Å². The van der Waals surface area contributed by atoms with E-state index in [9.17, 15) is 9.59 Å². The first-order chi connectivity index (χ1) is 15.3. The van der Waals surface area contributed by atoms with E-state index in [4.69, 9.17) is 27.9 Å². The number of rotatable bonds is 5. The lowest BCUT2D eigenvalue weighted by atomic mass is 10.0. The summed E-state index contributed by atoms with van der Waals surface area (Å²) < 4.78 is 5.48. The van der Waals surface area contributed by atoms with Gasteiger partial charge in [-0.25, -0.2) is 4.90 Å². The van der Waals surface area contributed by atoms with Gasteiger partial charge >= 0.3 is 0 Å². The van der Waals surface area contributed by atoms with E-state index in [1.54, 1.807) is 67.6 Å². The molecule has 0 saturated heterocycles. The molecule has 0 aliphatic carbocycles. The van der Waals surface area contributed by atoms with Crippen LogP contribution < -0.4 is 15.0 Å². The molecule has 2 amide bonds. The maximum absolute atomic E-state index is 13.7. The molecule has 0 aromatic heterocycles. The first kappa shape index (κ1) is 21.9. The standard InChI is InChI=1S/C25H20Cl2N2O3/c1-14-17(26)9-6-11-19(14)28-23-22(16-8-4-5-13-21(16)32-3)24(30)29(25(23)31)20-12-7-10-18(27)15(20)2/h4-13,28H,1-3H3. The molecule has 0 spiro atoms. The van der Waals surface area contributed by atoms with E-state index < -0.39 is 11.8 Å². The molecule has 1 N–H and O–H groups in total. The number of imide groups is 1. The van der Waals surface area contributed by atoms with Gasteiger partial charge in [0.05, 0.1) is 18.4 Å². The molecule has 0 unspecified atom stereocenters. The minimum absolute atomic E-state index is 0.143. The lowest BCUT2D eigenvalue weighted by Gasteiger charge is -2.19. The van der Waals surface area contributed by atoms with Gasteiger partial charge in [-0.3, -0.25) is 9.59 Å². The van der Waals surface area contributed by atoms with E-state index in [0.717, 1.165) is 10.5 Å². The van der Waals surface area contributed by atoms with Gasteiger partial charge in [0.1, 0.15) is 11.4 Å². The lowest BCUT2D eigenvalue weighted by molar-refractivity contribution is -0.120. The molecule has 1 heterocycles. The Balaban J connectivity index is 1.92. The van der Waals surface area contributed by atoms with Crippen LogP contribution in [-0.4, -0.2) is 18.9 Å². The Morgan fingerprint density at radius 2 is 1.47 bits per heavy atom. The number of benzene rings is 3. The maximum Gasteiger partial charge on any atom is 0.282 e. The van der Waals surface area contributed by atoms with E-state index in [0.29, 0.717) is 38.3 Å². The van der Waals surface area contributed by atoms with Crippen LogP contribution in [0, 0.1) is 13.8 Å². The first-order valence-corrected chi connectivity index (χ1v) is 10.6. The zero-order valence-electron chi connectivity index (χ0n) is 17.7. The van der Waals surface area contributed by atoms with Gasteiger partial charge in [0.15, 0.2) is 0 Å². The quantitative estimate of drug-likeness (QED) is 0.467. The van der Waals surface area contributed by atoms with Gasteiger partial charge in [-0.1, -0.05) is 53.5 Å². The van der Waals surface area contributed by atoms with E-state index in [-0.39, 0.29) is 11.3 Å². The summed E-state index contributed by atoms with van der Waals surface area (Å²) in [6.45, 7) is 3.61. The Bertz CT molecular complexity index is 1280. The molecule has 1 aliphatic heterocycles. The van der Waals surface area contributed by atoms with E-state index in [1.165, 1.54) is 7.11 Å².